The fourth-order valence-corrected chi connectivity index (χ4v) is 0.769. The molecule has 0 aliphatic rings. The van der Waals surface area contributed by atoms with E-state index < -0.39 is 24.5 Å². The second-order valence-electron chi connectivity index (χ2n) is 2.88. The first-order valence-corrected chi connectivity index (χ1v) is 4.21. The maximum absolute atomic E-state index is 11.1. The van der Waals surface area contributed by atoms with E-state index in [-0.39, 0.29) is 18.8 Å². The first-order valence-electron chi connectivity index (χ1n) is 4.21. The lowest BCUT2D eigenvalue weighted by Crippen LogP contribution is -2.23. The minimum Gasteiger partial charge on any atom is -0.481 e. The van der Waals surface area contributed by atoms with Gasteiger partial charge in [-0.15, -0.1) is 0 Å². The maximum atomic E-state index is 11.1. The highest BCUT2D eigenvalue weighted by atomic mass is 16.5. The van der Waals surface area contributed by atoms with E-state index in [1.165, 1.54) is 7.11 Å². The molecule has 0 radical (unpaired) electrons. The van der Waals surface area contributed by atoms with E-state index in [2.05, 4.69) is 16.1 Å². The standard InChI is InChI=1S/C9H14O6/c1-6(3-8(11)12)9(13)15-5-7(10)4-14-2/h7,10H,1,3-5H2,2H3,(H,11,12). The zero-order valence-electron chi connectivity index (χ0n) is 8.43. The second-order valence-corrected chi connectivity index (χ2v) is 2.88. The van der Waals surface area contributed by atoms with Gasteiger partial charge in [0.15, 0.2) is 0 Å². The molecule has 1 atom stereocenters. The predicted octanol–water partition coefficient (Wildman–Crippen LogP) is -0.432. The molecular formula is C9H14O6. The Morgan fingerprint density at radius 2 is 2.00 bits per heavy atom. The van der Waals surface area contributed by atoms with Crippen LogP contribution in [-0.4, -0.2) is 48.6 Å². The summed E-state index contributed by atoms with van der Waals surface area (Å²) in [5, 5.41) is 17.5. The van der Waals surface area contributed by atoms with Crippen molar-refractivity contribution in [2.45, 2.75) is 12.5 Å². The van der Waals surface area contributed by atoms with Crippen LogP contribution in [0.4, 0.5) is 0 Å². The summed E-state index contributed by atoms with van der Waals surface area (Å²) in [5.74, 6) is -1.98. The number of methoxy groups -OCH3 is 1. The molecule has 0 bridgehead atoms. The Balaban J connectivity index is 3.83. The molecule has 0 rings (SSSR count). The number of ether oxygens (including phenoxy) is 2. The molecule has 0 heterocycles. The smallest absolute Gasteiger partial charge is 0.334 e. The molecule has 0 fully saturated rings. The normalized spacial score (nSPS) is 11.9. The Morgan fingerprint density at radius 3 is 2.47 bits per heavy atom. The minimum atomic E-state index is -1.16. The Hall–Kier alpha value is -1.40. The molecule has 0 saturated heterocycles. The third-order valence-electron chi connectivity index (χ3n) is 1.42. The van der Waals surface area contributed by atoms with Crippen LogP contribution in [0.15, 0.2) is 12.2 Å². The van der Waals surface area contributed by atoms with Crippen LogP contribution in [0.2, 0.25) is 0 Å². The number of aliphatic hydroxyl groups excluding tert-OH is 1. The van der Waals surface area contributed by atoms with E-state index in [9.17, 15) is 9.59 Å². The van der Waals surface area contributed by atoms with Gasteiger partial charge in [0, 0.05) is 12.7 Å². The van der Waals surface area contributed by atoms with Crippen LogP contribution < -0.4 is 0 Å². The lowest BCUT2D eigenvalue weighted by atomic mass is 10.2. The van der Waals surface area contributed by atoms with Crippen LogP contribution >= 0.6 is 0 Å². The minimum absolute atomic E-state index is 0.0404. The van der Waals surface area contributed by atoms with Gasteiger partial charge in [-0.25, -0.2) is 4.79 Å². The van der Waals surface area contributed by atoms with Gasteiger partial charge >= 0.3 is 11.9 Å². The zero-order valence-corrected chi connectivity index (χ0v) is 8.43. The van der Waals surface area contributed by atoms with Crippen LogP contribution in [-0.2, 0) is 19.1 Å². The molecule has 6 heteroatoms. The summed E-state index contributed by atoms with van der Waals surface area (Å²) >= 11 is 0. The van der Waals surface area contributed by atoms with Gasteiger partial charge in [0.1, 0.15) is 12.7 Å². The highest BCUT2D eigenvalue weighted by Crippen LogP contribution is 2.01. The average Bonchev–Trinajstić information content (AvgIpc) is 2.13. The van der Waals surface area contributed by atoms with E-state index in [1.807, 2.05) is 0 Å². The summed E-state index contributed by atoms with van der Waals surface area (Å²) in [6.07, 6.45) is -1.39. The average molecular weight is 218 g/mol. The van der Waals surface area contributed by atoms with Gasteiger partial charge in [0.2, 0.25) is 0 Å². The van der Waals surface area contributed by atoms with Crippen LogP contribution in [0, 0.1) is 0 Å². The van der Waals surface area contributed by atoms with Crippen LogP contribution in [0.3, 0.4) is 0 Å². The zero-order chi connectivity index (χ0) is 11.8. The van der Waals surface area contributed by atoms with E-state index in [0.717, 1.165) is 0 Å². The summed E-state index contributed by atoms with van der Waals surface area (Å²) in [5.41, 5.74) is -0.160. The number of carboxylic acids is 1. The monoisotopic (exact) mass is 218 g/mol. The molecule has 0 saturated carbocycles. The Morgan fingerprint density at radius 1 is 1.40 bits per heavy atom. The molecule has 6 nitrogen and oxygen atoms in total. The highest BCUT2D eigenvalue weighted by molar-refractivity contribution is 5.92. The number of hydrogen-bond donors (Lipinski definition) is 2. The first kappa shape index (κ1) is 13.6. The Kier molecular flexibility index (Phi) is 6.32. The van der Waals surface area contributed by atoms with Crippen molar-refractivity contribution in [3.63, 3.8) is 0 Å². The molecule has 15 heavy (non-hydrogen) atoms. The quantitative estimate of drug-likeness (QED) is 0.445. The molecule has 0 spiro atoms. The molecule has 1 unspecified atom stereocenters. The summed E-state index contributed by atoms with van der Waals surface area (Å²) in [4.78, 5) is 21.3. The highest BCUT2D eigenvalue weighted by Gasteiger charge is 2.14. The maximum Gasteiger partial charge on any atom is 0.334 e. The van der Waals surface area contributed by atoms with E-state index in [0.29, 0.717) is 0 Å². The number of aliphatic carboxylic acids is 1. The van der Waals surface area contributed by atoms with Gasteiger partial charge in [-0.3, -0.25) is 4.79 Å². The summed E-state index contributed by atoms with van der Waals surface area (Å²) < 4.78 is 9.19. The Labute approximate surface area is 87.1 Å². The molecule has 0 aromatic carbocycles. The second kappa shape index (κ2) is 6.97. The van der Waals surface area contributed by atoms with Crippen molar-refractivity contribution in [2.75, 3.05) is 20.3 Å². The number of carboxylic acid groups (broad SMARTS) is 1. The molecule has 0 amide bonds. The van der Waals surface area contributed by atoms with Crippen LogP contribution in [0.5, 0.6) is 0 Å². The van der Waals surface area contributed by atoms with Crippen LogP contribution in [0.25, 0.3) is 0 Å². The third kappa shape index (κ3) is 6.64. The summed E-state index contributed by atoms with van der Waals surface area (Å²) in [7, 11) is 1.40. The number of esters is 1. The Bertz CT molecular complexity index is 247. The van der Waals surface area contributed by atoms with Crippen molar-refractivity contribution in [3.8, 4) is 0 Å². The van der Waals surface area contributed by atoms with Crippen molar-refractivity contribution in [3.05, 3.63) is 12.2 Å². The fraction of sp³-hybridized carbons (Fsp3) is 0.556. The topological polar surface area (TPSA) is 93.1 Å². The molecule has 0 aliphatic carbocycles. The van der Waals surface area contributed by atoms with Crippen molar-refractivity contribution in [1.29, 1.82) is 0 Å². The van der Waals surface area contributed by atoms with Crippen molar-refractivity contribution < 1.29 is 29.3 Å². The van der Waals surface area contributed by atoms with E-state index in [1.54, 1.807) is 0 Å². The largest absolute Gasteiger partial charge is 0.481 e. The van der Waals surface area contributed by atoms with Crippen molar-refractivity contribution in [2.24, 2.45) is 0 Å². The SMILES string of the molecule is C=C(CC(=O)O)C(=O)OCC(O)COC. The number of rotatable bonds is 7. The lowest BCUT2D eigenvalue weighted by Gasteiger charge is -2.10. The van der Waals surface area contributed by atoms with Crippen LogP contribution in [0.1, 0.15) is 6.42 Å². The van der Waals surface area contributed by atoms with Crippen molar-refractivity contribution in [1.82, 2.24) is 0 Å². The molecular weight excluding hydrogens is 204 g/mol. The lowest BCUT2D eigenvalue weighted by molar-refractivity contribution is -0.145. The fourth-order valence-electron chi connectivity index (χ4n) is 0.769. The van der Waals surface area contributed by atoms with Gasteiger partial charge in [0.05, 0.1) is 13.0 Å². The van der Waals surface area contributed by atoms with Gasteiger partial charge < -0.3 is 19.7 Å². The third-order valence-corrected chi connectivity index (χ3v) is 1.42. The number of carbonyl (C=O) groups excluding carboxylic acids is 1. The van der Waals surface area contributed by atoms with Gasteiger partial charge in [-0.05, 0) is 0 Å². The molecule has 86 valence electrons. The predicted molar refractivity (Wildman–Crippen MR) is 50.2 cm³/mol. The summed E-state index contributed by atoms with van der Waals surface area (Å²) in [6.45, 7) is 3.05. The molecule has 0 aromatic heterocycles. The number of aliphatic hydroxyl groups is 1. The molecule has 0 aliphatic heterocycles. The van der Waals surface area contributed by atoms with Crippen molar-refractivity contribution >= 4 is 11.9 Å². The number of carbonyl (C=O) groups is 2. The van der Waals surface area contributed by atoms with Gasteiger partial charge in [0.25, 0.3) is 0 Å². The number of hydrogen-bond acceptors (Lipinski definition) is 5. The van der Waals surface area contributed by atoms with Gasteiger partial charge in [-0.2, -0.15) is 0 Å². The molecule has 0 aromatic rings. The van der Waals surface area contributed by atoms with Gasteiger partial charge in [-0.1, -0.05) is 6.58 Å². The first-order chi connectivity index (χ1) is 6.97. The molecule has 2 N–H and O–H groups in total. The van der Waals surface area contributed by atoms with E-state index >= 15 is 0 Å². The van der Waals surface area contributed by atoms with E-state index in [4.69, 9.17) is 10.2 Å². The summed E-state index contributed by atoms with van der Waals surface area (Å²) in [6, 6.07) is 0.